The molecule has 0 saturated heterocycles. The van der Waals surface area contributed by atoms with Gasteiger partial charge in [0.25, 0.3) is 5.69 Å². The highest BCUT2D eigenvalue weighted by Gasteiger charge is 2.15. The van der Waals surface area contributed by atoms with Crippen LogP contribution >= 0.6 is 27.5 Å². The lowest BCUT2D eigenvalue weighted by atomic mass is 10.1. The van der Waals surface area contributed by atoms with Crippen LogP contribution in [0.25, 0.3) is 0 Å². The van der Waals surface area contributed by atoms with E-state index in [1.165, 1.54) is 24.3 Å². The van der Waals surface area contributed by atoms with Gasteiger partial charge in [0, 0.05) is 16.2 Å². The van der Waals surface area contributed by atoms with Crippen molar-refractivity contribution < 1.29 is 9.31 Å². The molecule has 0 aliphatic carbocycles. The summed E-state index contributed by atoms with van der Waals surface area (Å²) in [7, 11) is 0. The molecular formula is C13H6BrClFN3O2. The summed E-state index contributed by atoms with van der Waals surface area (Å²) in [4.78, 5) is 10.1. The Labute approximate surface area is 132 Å². The van der Waals surface area contributed by atoms with Gasteiger partial charge >= 0.3 is 0 Å². The summed E-state index contributed by atoms with van der Waals surface area (Å²) in [6.07, 6.45) is 0. The topological polar surface area (TPSA) is 79.0 Å². The van der Waals surface area contributed by atoms with Crippen LogP contribution in [0.3, 0.4) is 0 Å². The maximum atomic E-state index is 13.1. The summed E-state index contributed by atoms with van der Waals surface area (Å²) >= 11 is 9.10. The molecule has 0 aliphatic heterocycles. The van der Waals surface area contributed by atoms with Gasteiger partial charge in [-0.05, 0) is 40.2 Å². The monoisotopic (exact) mass is 369 g/mol. The van der Waals surface area contributed by atoms with E-state index < -0.39 is 10.7 Å². The number of nitro benzene ring substituents is 1. The normalized spacial score (nSPS) is 10.0. The molecule has 0 aromatic heterocycles. The zero-order chi connectivity index (χ0) is 15.6. The quantitative estimate of drug-likeness (QED) is 0.624. The molecule has 2 aromatic carbocycles. The van der Waals surface area contributed by atoms with Gasteiger partial charge < -0.3 is 5.32 Å². The van der Waals surface area contributed by atoms with Crippen LogP contribution in [0.1, 0.15) is 5.56 Å². The highest BCUT2D eigenvalue weighted by molar-refractivity contribution is 9.10. The lowest BCUT2D eigenvalue weighted by Crippen LogP contribution is -1.97. The molecule has 0 spiro atoms. The van der Waals surface area contributed by atoms with E-state index in [4.69, 9.17) is 16.9 Å². The minimum absolute atomic E-state index is 0.0839. The molecule has 106 valence electrons. The Morgan fingerprint density at radius 1 is 1.38 bits per heavy atom. The maximum absolute atomic E-state index is 13.1. The molecule has 2 aromatic rings. The van der Waals surface area contributed by atoms with Crippen LogP contribution in [-0.4, -0.2) is 4.92 Å². The second-order valence-corrected chi connectivity index (χ2v) is 5.23. The molecule has 0 unspecified atom stereocenters. The van der Waals surface area contributed by atoms with Gasteiger partial charge in [-0.25, -0.2) is 4.39 Å². The van der Waals surface area contributed by atoms with Gasteiger partial charge in [-0.15, -0.1) is 0 Å². The van der Waals surface area contributed by atoms with E-state index in [2.05, 4.69) is 21.2 Å². The molecular weight excluding hydrogens is 365 g/mol. The van der Waals surface area contributed by atoms with E-state index in [0.717, 1.165) is 6.07 Å². The fourth-order valence-electron chi connectivity index (χ4n) is 1.67. The van der Waals surface area contributed by atoms with Crippen LogP contribution in [0.5, 0.6) is 0 Å². The van der Waals surface area contributed by atoms with Crippen LogP contribution < -0.4 is 5.32 Å². The number of nitrogens with zero attached hydrogens (tertiary/aromatic N) is 2. The minimum atomic E-state index is -0.636. The average molecular weight is 371 g/mol. The van der Waals surface area contributed by atoms with Crippen molar-refractivity contribution in [3.63, 3.8) is 0 Å². The first-order valence-electron chi connectivity index (χ1n) is 5.52. The van der Waals surface area contributed by atoms with Gasteiger partial charge in [-0.2, -0.15) is 5.26 Å². The van der Waals surface area contributed by atoms with Crippen LogP contribution in [0.4, 0.5) is 21.5 Å². The smallest absolute Gasteiger partial charge is 0.287 e. The van der Waals surface area contributed by atoms with E-state index >= 15 is 0 Å². The molecule has 0 amide bonds. The maximum Gasteiger partial charge on any atom is 0.287 e. The standard InChI is InChI=1S/C13H6BrClFN3O2/c14-10-4-8(16)5-11(15)13(10)18-9-1-2-12(19(20)21)7(3-9)6-17/h1-5,18H. The molecule has 2 rings (SSSR count). The van der Waals surface area contributed by atoms with Gasteiger partial charge in [0.2, 0.25) is 0 Å². The van der Waals surface area contributed by atoms with Crippen molar-refractivity contribution in [3.05, 3.63) is 61.3 Å². The molecule has 0 heterocycles. The molecule has 5 nitrogen and oxygen atoms in total. The summed E-state index contributed by atoms with van der Waals surface area (Å²) in [5, 5.41) is 22.7. The minimum Gasteiger partial charge on any atom is -0.353 e. The number of halogens is 3. The lowest BCUT2D eigenvalue weighted by molar-refractivity contribution is -0.385. The number of hydrogen-bond acceptors (Lipinski definition) is 4. The predicted octanol–water partition coefficient (Wildman–Crippen LogP) is 4.77. The Bertz CT molecular complexity index is 753. The number of nitriles is 1. The van der Waals surface area contributed by atoms with Crippen LogP contribution in [0.15, 0.2) is 34.8 Å². The van der Waals surface area contributed by atoms with E-state index in [1.54, 1.807) is 6.07 Å². The van der Waals surface area contributed by atoms with Crippen LogP contribution in [0, 0.1) is 27.3 Å². The first kappa shape index (κ1) is 15.2. The summed E-state index contributed by atoms with van der Waals surface area (Å²) in [6, 6.07) is 8.09. The molecule has 0 fully saturated rings. The van der Waals surface area contributed by atoms with Gasteiger partial charge in [0.15, 0.2) is 0 Å². The number of anilines is 2. The second-order valence-electron chi connectivity index (χ2n) is 3.97. The summed E-state index contributed by atoms with van der Waals surface area (Å²) < 4.78 is 13.5. The Kier molecular flexibility index (Phi) is 4.40. The Morgan fingerprint density at radius 2 is 2.10 bits per heavy atom. The fraction of sp³-hybridized carbons (Fsp3) is 0. The third-order valence-electron chi connectivity index (χ3n) is 2.59. The first-order valence-corrected chi connectivity index (χ1v) is 6.69. The van der Waals surface area contributed by atoms with Crippen molar-refractivity contribution in [2.24, 2.45) is 0 Å². The van der Waals surface area contributed by atoms with Crippen molar-refractivity contribution in [1.29, 1.82) is 5.26 Å². The van der Waals surface area contributed by atoms with Gasteiger partial charge in [0.05, 0.1) is 15.6 Å². The SMILES string of the molecule is N#Cc1cc(Nc2c(Cl)cc(F)cc2Br)ccc1[N+](=O)[O-]. The zero-order valence-corrected chi connectivity index (χ0v) is 12.6. The van der Waals surface area contributed by atoms with Gasteiger partial charge in [0.1, 0.15) is 17.4 Å². The summed E-state index contributed by atoms with van der Waals surface area (Å²) in [6.45, 7) is 0. The lowest BCUT2D eigenvalue weighted by Gasteiger charge is -2.11. The van der Waals surface area contributed by atoms with Crippen molar-refractivity contribution in [3.8, 4) is 6.07 Å². The molecule has 1 N–H and O–H groups in total. The number of rotatable bonds is 3. The Morgan fingerprint density at radius 3 is 2.67 bits per heavy atom. The largest absolute Gasteiger partial charge is 0.353 e. The second kappa shape index (κ2) is 6.08. The molecule has 8 heteroatoms. The third kappa shape index (κ3) is 3.29. The third-order valence-corrected chi connectivity index (χ3v) is 3.51. The predicted molar refractivity (Wildman–Crippen MR) is 80.2 cm³/mol. The van der Waals surface area contributed by atoms with Crippen molar-refractivity contribution in [1.82, 2.24) is 0 Å². The van der Waals surface area contributed by atoms with E-state index in [0.29, 0.717) is 15.8 Å². The summed E-state index contributed by atoms with van der Waals surface area (Å²) in [5.41, 5.74) is 0.453. The molecule has 0 bridgehead atoms. The van der Waals surface area contributed by atoms with Gasteiger partial charge in [-0.3, -0.25) is 10.1 Å². The molecule has 0 aliphatic rings. The molecule has 0 saturated carbocycles. The van der Waals surface area contributed by atoms with Gasteiger partial charge in [-0.1, -0.05) is 11.6 Å². The number of nitro groups is 1. The highest BCUT2D eigenvalue weighted by atomic mass is 79.9. The van der Waals surface area contributed by atoms with Crippen LogP contribution in [-0.2, 0) is 0 Å². The number of nitrogens with one attached hydrogen (secondary N) is 1. The molecule has 21 heavy (non-hydrogen) atoms. The molecule has 0 atom stereocenters. The summed E-state index contributed by atoms with van der Waals surface area (Å²) in [5.74, 6) is -0.501. The van der Waals surface area contributed by atoms with Crippen LogP contribution in [0.2, 0.25) is 5.02 Å². The Hall–Kier alpha value is -2.17. The van der Waals surface area contributed by atoms with Crippen molar-refractivity contribution in [2.75, 3.05) is 5.32 Å². The van der Waals surface area contributed by atoms with E-state index in [-0.39, 0.29) is 16.3 Å². The van der Waals surface area contributed by atoms with Crippen molar-refractivity contribution in [2.45, 2.75) is 0 Å². The number of hydrogen-bond donors (Lipinski definition) is 1. The van der Waals surface area contributed by atoms with E-state index in [9.17, 15) is 14.5 Å². The average Bonchev–Trinajstić information content (AvgIpc) is 2.42. The number of benzene rings is 2. The highest BCUT2D eigenvalue weighted by Crippen LogP contribution is 2.34. The Balaban J connectivity index is 2.42. The fourth-order valence-corrected chi connectivity index (χ4v) is 2.57. The zero-order valence-electron chi connectivity index (χ0n) is 10.2. The van der Waals surface area contributed by atoms with E-state index in [1.807, 2.05) is 0 Å². The molecule has 0 radical (unpaired) electrons. The van der Waals surface area contributed by atoms with Crippen molar-refractivity contribution >= 4 is 44.6 Å². The first-order chi connectivity index (χ1) is 9.92.